The monoisotopic (exact) mass is 144 g/mol. The highest BCUT2D eigenvalue weighted by Gasteiger charge is 2.05. The van der Waals surface area contributed by atoms with E-state index >= 15 is 0 Å². The highest BCUT2D eigenvalue weighted by molar-refractivity contribution is 5.86. The Labute approximate surface area is 58.4 Å². The molecule has 0 rings (SSSR count). The molecule has 0 aliphatic heterocycles. The normalized spacial score (nSPS) is 8.20. The minimum absolute atomic E-state index is 0.182. The SMILES string of the molecule is C=C(C)C(=O)OOC(C)=O. The quantitative estimate of drug-likeness (QED) is 0.307. The molecule has 0 aromatic heterocycles. The summed E-state index contributed by atoms with van der Waals surface area (Å²) in [4.78, 5) is 28.4. The van der Waals surface area contributed by atoms with E-state index in [1.54, 1.807) is 0 Å². The number of carbonyl (C=O) groups is 2. The second-order valence-corrected chi connectivity index (χ2v) is 1.73. The van der Waals surface area contributed by atoms with Crippen molar-refractivity contribution in [2.24, 2.45) is 0 Å². The van der Waals surface area contributed by atoms with Crippen LogP contribution >= 0.6 is 0 Å². The van der Waals surface area contributed by atoms with Gasteiger partial charge >= 0.3 is 11.9 Å². The molecule has 0 fully saturated rings. The molecule has 0 aliphatic carbocycles. The third-order valence-electron chi connectivity index (χ3n) is 0.583. The van der Waals surface area contributed by atoms with Crippen LogP contribution in [0.25, 0.3) is 0 Å². The third kappa shape index (κ3) is 3.65. The molecule has 0 amide bonds. The smallest absolute Gasteiger partial charge is 0.248 e. The molecule has 56 valence electrons. The second-order valence-electron chi connectivity index (χ2n) is 1.73. The summed E-state index contributed by atoms with van der Waals surface area (Å²) >= 11 is 0. The Bertz CT molecular complexity index is 171. The minimum Gasteiger partial charge on any atom is -0.248 e. The van der Waals surface area contributed by atoms with Crippen molar-refractivity contribution in [1.29, 1.82) is 0 Å². The molecule has 0 saturated heterocycles. The molecular formula is C6H8O4. The van der Waals surface area contributed by atoms with Crippen LogP contribution in [0.1, 0.15) is 13.8 Å². The average molecular weight is 144 g/mol. The van der Waals surface area contributed by atoms with E-state index < -0.39 is 11.9 Å². The van der Waals surface area contributed by atoms with Gasteiger partial charge in [0.25, 0.3) is 0 Å². The maximum Gasteiger partial charge on any atom is 0.381 e. The van der Waals surface area contributed by atoms with E-state index in [-0.39, 0.29) is 5.57 Å². The van der Waals surface area contributed by atoms with E-state index in [1.165, 1.54) is 6.92 Å². The van der Waals surface area contributed by atoms with Crippen molar-refractivity contribution >= 4 is 11.9 Å². The minimum atomic E-state index is -0.741. The van der Waals surface area contributed by atoms with Crippen molar-refractivity contribution in [2.75, 3.05) is 0 Å². The van der Waals surface area contributed by atoms with Crippen LogP contribution in [0.4, 0.5) is 0 Å². The molecule has 0 heterocycles. The highest BCUT2D eigenvalue weighted by atomic mass is 17.2. The zero-order valence-corrected chi connectivity index (χ0v) is 5.84. The van der Waals surface area contributed by atoms with Crippen LogP contribution < -0.4 is 0 Å². The van der Waals surface area contributed by atoms with Crippen LogP contribution in [0.3, 0.4) is 0 Å². The van der Waals surface area contributed by atoms with Gasteiger partial charge in [0.2, 0.25) is 0 Å². The van der Waals surface area contributed by atoms with Crippen molar-refractivity contribution < 1.29 is 19.4 Å². The van der Waals surface area contributed by atoms with Gasteiger partial charge in [-0.05, 0) is 6.92 Å². The number of hydrogen-bond donors (Lipinski definition) is 0. The fraction of sp³-hybridized carbons (Fsp3) is 0.333. The van der Waals surface area contributed by atoms with Crippen LogP contribution in [-0.2, 0) is 19.4 Å². The lowest BCUT2D eigenvalue weighted by atomic mass is 10.4. The summed E-state index contributed by atoms with van der Waals surface area (Å²) in [5.74, 6) is -1.41. The van der Waals surface area contributed by atoms with Crippen LogP contribution in [0.5, 0.6) is 0 Å². The fourth-order valence-electron chi connectivity index (χ4n) is 0.168. The molecule has 0 N–H and O–H groups in total. The standard InChI is InChI=1S/C6H8O4/c1-4(2)6(8)10-9-5(3)7/h1H2,2-3H3. The molecule has 0 aromatic rings. The van der Waals surface area contributed by atoms with Gasteiger partial charge in [0.1, 0.15) is 0 Å². The van der Waals surface area contributed by atoms with Crippen LogP contribution in [0.15, 0.2) is 12.2 Å². The Balaban J connectivity index is 3.60. The number of carbonyl (C=O) groups excluding carboxylic acids is 2. The summed E-state index contributed by atoms with van der Waals surface area (Å²) in [6, 6.07) is 0. The Kier molecular flexibility index (Phi) is 3.17. The summed E-state index contributed by atoms with van der Waals surface area (Å²) < 4.78 is 0. The van der Waals surface area contributed by atoms with Crippen molar-refractivity contribution in [1.82, 2.24) is 0 Å². The van der Waals surface area contributed by atoms with Gasteiger partial charge in [-0.15, -0.1) is 0 Å². The van der Waals surface area contributed by atoms with Gasteiger partial charge in [-0.1, -0.05) is 6.58 Å². The van der Waals surface area contributed by atoms with Gasteiger partial charge in [0.15, 0.2) is 0 Å². The van der Waals surface area contributed by atoms with Crippen LogP contribution in [0, 0.1) is 0 Å². The van der Waals surface area contributed by atoms with Gasteiger partial charge < -0.3 is 0 Å². The van der Waals surface area contributed by atoms with Gasteiger partial charge in [-0.25, -0.2) is 19.4 Å². The molecule has 4 heteroatoms. The van der Waals surface area contributed by atoms with E-state index in [2.05, 4.69) is 16.4 Å². The predicted molar refractivity (Wildman–Crippen MR) is 32.7 cm³/mol. The maximum atomic E-state index is 10.4. The maximum absolute atomic E-state index is 10.4. The zero-order valence-electron chi connectivity index (χ0n) is 5.84. The first-order chi connectivity index (χ1) is 4.54. The average Bonchev–Trinajstić information content (AvgIpc) is 1.82. The van der Waals surface area contributed by atoms with Crippen molar-refractivity contribution in [3.05, 3.63) is 12.2 Å². The van der Waals surface area contributed by atoms with E-state index in [1.807, 2.05) is 0 Å². The number of hydrogen-bond acceptors (Lipinski definition) is 4. The Morgan fingerprint density at radius 3 is 2.00 bits per heavy atom. The topological polar surface area (TPSA) is 52.6 Å². The lowest BCUT2D eigenvalue weighted by molar-refractivity contribution is -0.253. The molecule has 0 unspecified atom stereocenters. The Hall–Kier alpha value is -1.32. The largest absolute Gasteiger partial charge is 0.381 e. The van der Waals surface area contributed by atoms with Gasteiger partial charge in [-0.2, -0.15) is 0 Å². The van der Waals surface area contributed by atoms with Crippen molar-refractivity contribution in [3.8, 4) is 0 Å². The predicted octanol–water partition coefficient (Wildman–Crippen LogP) is 0.584. The Morgan fingerprint density at radius 1 is 1.20 bits per heavy atom. The molecule has 0 spiro atoms. The zero-order chi connectivity index (χ0) is 8.15. The number of rotatable bonds is 1. The van der Waals surface area contributed by atoms with E-state index in [4.69, 9.17) is 0 Å². The van der Waals surface area contributed by atoms with Crippen molar-refractivity contribution in [3.63, 3.8) is 0 Å². The first kappa shape index (κ1) is 8.68. The molecule has 10 heavy (non-hydrogen) atoms. The molecule has 0 saturated carbocycles. The highest BCUT2D eigenvalue weighted by Crippen LogP contribution is 1.92. The molecular weight excluding hydrogens is 136 g/mol. The lowest BCUT2D eigenvalue weighted by Crippen LogP contribution is -2.08. The fourth-order valence-corrected chi connectivity index (χ4v) is 0.168. The summed E-state index contributed by atoms with van der Waals surface area (Å²) in [7, 11) is 0. The molecule has 0 aliphatic rings. The summed E-state index contributed by atoms with van der Waals surface area (Å²) in [5, 5.41) is 0. The van der Waals surface area contributed by atoms with Gasteiger partial charge in [0.05, 0.1) is 0 Å². The van der Waals surface area contributed by atoms with E-state index in [0.717, 1.165) is 6.92 Å². The van der Waals surface area contributed by atoms with E-state index in [0.29, 0.717) is 0 Å². The summed E-state index contributed by atoms with van der Waals surface area (Å²) in [6.45, 7) is 5.85. The summed E-state index contributed by atoms with van der Waals surface area (Å²) in [6.07, 6.45) is 0. The molecule has 4 nitrogen and oxygen atoms in total. The first-order valence-electron chi connectivity index (χ1n) is 2.59. The van der Waals surface area contributed by atoms with E-state index in [9.17, 15) is 9.59 Å². The molecule has 0 bridgehead atoms. The summed E-state index contributed by atoms with van der Waals surface area (Å²) in [5.41, 5.74) is 0.182. The molecule has 0 aromatic carbocycles. The van der Waals surface area contributed by atoms with Gasteiger partial charge in [0, 0.05) is 12.5 Å². The third-order valence-corrected chi connectivity index (χ3v) is 0.583. The lowest BCUT2D eigenvalue weighted by Gasteiger charge is -1.97. The first-order valence-corrected chi connectivity index (χ1v) is 2.59. The van der Waals surface area contributed by atoms with Gasteiger partial charge in [-0.3, -0.25) is 0 Å². The second kappa shape index (κ2) is 3.66. The van der Waals surface area contributed by atoms with Crippen molar-refractivity contribution in [2.45, 2.75) is 13.8 Å². The Morgan fingerprint density at radius 2 is 1.70 bits per heavy atom. The van der Waals surface area contributed by atoms with Crippen LogP contribution in [-0.4, -0.2) is 11.9 Å². The molecule has 0 atom stereocenters. The van der Waals surface area contributed by atoms with Crippen LogP contribution in [0.2, 0.25) is 0 Å². The molecule has 0 radical (unpaired) electrons.